The van der Waals surface area contributed by atoms with Crippen LogP contribution in [0.15, 0.2) is 42.5 Å². The fourth-order valence-corrected chi connectivity index (χ4v) is 5.09. The first-order valence-electron chi connectivity index (χ1n) is 11.7. The molecule has 2 aliphatic rings. The molecule has 0 radical (unpaired) electrons. The molecule has 0 aliphatic carbocycles. The monoisotopic (exact) mass is 516 g/mol. The van der Waals surface area contributed by atoms with Gasteiger partial charge in [-0.2, -0.15) is 0 Å². The number of halogens is 1. The zero-order valence-electron chi connectivity index (χ0n) is 19.5. The Morgan fingerprint density at radius 3 is 2.63 bits per heavy atom. The average Bonchev–Trinajstić information content (AvgIpc) is 3.53. The SMILES string of the molecule is CCOC(=O)C1CCN(C(=N)c2ccc(C3=CC(CCNC(=O)c4ccc(Cl)s4)ON3)cc2)CC1. The highest BCUT2D eigenvalue weighted by molar-refractivity contribution is 7.18. The number of nitrogens with one attached hydrogen (secondary N) is 3. The van der Waals surface area contributed by atoms with Gasteiger partial charge >= 0.3 is 5.97 Å². The van der Waals surface area contributed by atoms with Crippen molar-refractivity contribution >= 4 is 46.3 Å². The van der Waals surface area contributed by atoms with Crippen LogP contribution in [0, 0.1) is 11.3 Å². The van der Waals surface area contributed by atoms with Crippen LogP contribution in [0.3, 0.4) is 0 Å². The Bertz CT molecular complexity index is 1090. The summed E-state index contributed by atoms with van der Waals surface area (Å²) in [5, 5.41) is 11.5. The van der Waals surface area contributed by atoms with E-state index in [1.54, 1.807) is 12.1 Å². The van der Waals surface area contributed by atoms with Crippen LogP contribution in [0.4, 0.5) is 0 Å². The molecule has 2 aliphatic heterocycles. The van der Waals surface area contributed by atoms with Crippen LogP contribution in [0.1, 0.15) is 47.0 Å². The number of amidine groups is 1. The van der Waals surface area contributed by atoms with Crippen molar-refractivity contribution in [1.29, 1.82) is 5.41 Å². The quantitative estimate of drug-likeness (QED) is 0.277. The van der Waals surface area contributed by atoms with Crippen LogP contribution in [-0.2, 0) is 14.4 Å². The van der Waals surface area contributed by atoms with Gasteiger partial charge in [-0.25, -0.2) is 0 Å². The summed E-state index contributed by atoms with van der Waals surface area (Å²) in [6.45, 7) is 4.04. The van der Waals surface area contributed by atoms with Crippen molar-refractivity contribution < 1.29 is 19.2 Å². The van der Waals surface area contributed by atoms with Gasteiger partial charge in [-0.15, -0.1) is 11.3 Å². The molecule has 1 fully saturated rings. The molecule has 1 saturated heterocycles. The first-order valence-corrected chi connectivity index (χ1v) is 12.9. The highest BCUT2D eigenvalue weighted by Gasteiger charge is 2.27. The number of piperidine rings is 1. The van der Waals surface area contributed by atoms with Crippen LogP contribution in [-0.4, -0.2) is 55.0 Å². The lowest BCUT2D eigenvalue weighted by Crippen LogP contribution is -2.40. The minimum absolute atomic E-state index is 0.0720. The fourth-order valence-electron chi connectivity index (χ4n) is 4.13. The van der Waals surface area contributed by atoms with Crippen molar-refractivity contribution in [3.8, 4) is 0 Å². The Morgan fingerprint density at radius 1 is 1.23 bits per heavy atom. The number of hydrogen-bond donors (Lipinski definition) is 3. The molecule has 186 valence electrons. The molecule has 1 amide bonds. The Balaban J connectivity index is 1.25. The third-order valence-electron chi connectivity index (χ3n) is 6.08. The highest BCUT2D eigenvalue weighted by Crippen LogP contribution is 2.24. The van der Waals surface area contributed by atoms with E-state index in [4.69, 9.17) is 26.6 Å². The minimum atomic E-state index is -0.157. The third-order valence-corrected chi connectivity index (χ3v) is 7.31. The number of hydroxylamine groups is 1. The number of carbonyl (C=O) groups excluding carboxylic acids is 2. The standard InChI is InChI=1S/C25H29ClN4O4S/c1-2-33-25(32)18-10-13-30(14-11-18)23(27)17-5-3-16(4-6-17)20-15-19(34-29-20)9-12-28-24(31)21-7-8-22(26)35-21/h3-8,15,18-19,27,29H,2,9-14H2,1H3,(H,28,31). The molecule has 35 heavy (non-hydrogen) atoms. The number of rotatable bonds is 8. The van der Waals surface area contributed by atoms with Gasteiger partial charge in [0.2, 0.25) is 0 Å². The van der Waals surface area contributed by atoms with Gasteiger partial charge in [0, 0.05) is 25.2 Å². The lowest BCUT2D eigenvalue weighted by Gasteiger charge is -2.32. The van der Waals surface area contributed by atoms with E-state index in [-0.39, 0.29) is 23.9 Å². The van der Waals surface area contributed by atoms with Gasteiger partial charge in [0.1, 0.15) is 11.9 Å². The Kier molecular flexibility index (Phi) is 8.43. The number of nitrogens with zero attached hydrogens (tertiary/aromatic N) is 1. The molecule has 0 bridgehead atoms. The van der Waals surface area contributed by atoms with Crippen molar-refractivity contribution in [1.82, 2.24) is 15.7 Å². The average molecular weight is 517 g/mol. The Morgan fingerprint density at radius 2 is 1.97 bits per heavy atom. The second-order valence-electron chi connectivity index (χ2n) is 8.43. The summed E-state index contributed by atoms with van der Waals surface area (Å²) in [7, 11) is 0. The summed E-state index contributed by atoms with van der Waals surface area (Å²) in [5.41, 5.74) is 5.61. The van der Waals surface area contributed by atoms with E-state index in [2.05, 4.69) is 10.8 Å². The predicted molar refractivity (Wildman–Crippen MR) is 136 cm³/mol. The third kappa shape index (κ3) is 6.42. The number of amides is 1. The van der Waals surface area contributed by atoms with E-state index in [0.717, 1.165) is 16.8 Å². The number of ether oxygens (including phenoxy) is 1. The molecule has 3 N–H and O–H groups in total. The summed E-state index contributed by atoms with van der Waals surface area (Å²) in [6, 6.07) is 11.2. The van der Waals surface area contributed by atoms with Crippen molar-refractivity contribution in [2.45, 2.75) is 32.3 Å². The van der Waals surface area contributed by atoms with E-state index >= 15 is 0 Å². The van der Waals surface area contributed by atoms with E-state index in [1.807, 2.05) is 42.2 Å². The van der Waals surface area contributed by atoms with Gasteiger partial charge in [0.05, 0.1) is 27.4 Å². The maximum Gasteiger partial charge on any atom is 0.309 e. The predicted octanol–water partition coefficient (Wildman–Crippen LogP) is 4.07. The fraction of sp³-hybridized carbons (Fsp3) is 0.400. The summed E-state index contributed by atoms with van der Waals surface area (Å²) in [6.07, 6.45) is 3.88. The zero-order chi connectivity index (χ0) is 24.8. The smallest absolute Gasteiger partial charge is 0.309 e. The van der Waals surface area contributed by atoms with Crippen LogP contribution in [0.5, 0.6) is 0 Å². The number of likely N-dealkylation sites (tertiary alicyclic amines) is 1. The van der Waals surface area contributed by atoms with Gasteiger partial charge < -0.3 is 15.0 Å². The molecule has 1 unspecified atom stereocenters. The number of esters is 1. The van der Waals surface area contributed by atoms with Gasteiger partial charge in [-0.1, -0.05) is 35.9 Å². The van der Waals surface area contributed by atoms with Gasteiger partial charge in [-0.05, 0) is 50.0 Å². The van der Waals surface area contributed by atoms with Crippen molar-refractivity contribution in [3.63, 3.8) is 0 Å². The Labute approximate surface area is 213 Å². The second-order valence-corrected chi connectivity index (χ2v) is 10.1. The van der Waals surface area contributed by atoms with Crippen LogP contribution in [0.25, 0.3) is 5.70 Å². The molecule has 1 aromatic carbocycles. The molecule has 0 spiro atoms. The van der Waals surface area contributed by atoms with Crippen molar-refractivity contribution in [3.05, 3.63) is 62.8 Å². The number of hydrogen-bond acceptors (Lipinski definition) is 7. The molecule has 0 saturated carbocycles. The molecule has 4 rings (SSSR count). The van der Waals surface area contributed by atoms with Crippen LogP contribution >= 0.6 is 22.9 Å². The molecule has 10 heteroatoms. The topological polar surface area (TPSA) is 104 Å². The number of benzene rings is 1. The molecule has 8 nitrogen and oxygen atoms in total. The highest BCUT2D eigenvalue weighted by atomic mass is 35.5. The normalized spacial score (nSPS) is 18.1. The van der Waals surface area contributed by atoms with Crippen LogP contribution in [0.2, 0.25) is 4.34 Å². The van der Waals surface area contributed by atoms with Gasteiger partial charge in [0.25, 0.3) is 5.91 Å². The molecular formula is C25H29ClN4O4S. The molecule has 3 heterocycles. The van der Waals surface area contributed by atoms with Crippen molar-refractivity contribution in [2.24, 2.45) is 5.92 Å². The van der Waals surface area contributed by atoms with E-state index < -0.39 is 0 Å². The summed E-state index contributed by atoms with van der Waals surface area (Å²) in [5.74, 6) is 0.122. The lowest BCUT2D eigenvalue weighted by molar-refractivity contribution is -0.149. The van der Waals surface area contributed by atoms with Crippen molar-refractivity contribution in [2.75, 3.05) is 26.2 Å². The number of carbonyl (C=O) groups is 2. The number of thiophene rings is 1. The summed E-state index contributed by atoms with van der Waals surface area (Å²) in [4.78, 5) is 32.3. The molecule has 2 aromatic rings. The maximum atomic E-state index is 12.1. The molecule has 1 aromatic heterocycles. The van der Waals surface area contributed by atoms with Gasteiger partial charge in [-0.3, -0.25) is 25.3 Å². The Hall–Kier alpha value is -2.88. The van der Waals surface area contributed by atoms with E-state index in [9.17, 15) is 9.59 Å². The lowest BCUT2D eigenvalue weighted by atomic mass is 9.96. The van der Waals surface area contributed by atoms with Gasteiger partial charge in [0.15, 0.2) is 0 Å². The summed E-state index contributed by atoms with van der Waals surface area (Å²) < 4.78 is 5.72. The second kappa shape index (κ2) is 11.7. The van der Waals surface area contributed by atoms with Crippen LogP contribution < -0.4 is 10.8 Å². The first kappa shape index (κ1) is 25.2. The van der Waals surface area contributed by atoms with E-state index in [1.165, 1.54) is 11.3 Å². The van der Waals surface area contributed by atoms with E-state index in [0.29, 0.717) is 60.6 Å². The molecular weight excluding hydrogens is 488 g/mol. The molecule has 1 atom stereocenters. The minimum Gasteiger partial charge on any atom is -0.466 e. The maximum absolute atomic E-state index is 12.1. The first-order chi connectivity index (χ1) is 16.9. The zero-order valence-corrected chi connectivity index (χ0v) is 21.1. The summed E-state index contributed by atoms with van der Waals surface area (Å²) >= 11 is 7.13. The largest absolute Gasteiger partial charge is 0.466 e.